The van der Waals surface area contributed by atoms with Gasteiger partial charge in [0, 0.05) is 0 Å². The minimum absolute atomic E-state index is 0. The van der Waals surface area contributed by atoms with Gasteiger partial charge in [0.05, 0.1) is 0 Å². The molecule has 0 aromatic heterocycles. The quantitative estimate of drug-likeness (QED) is 0.137. The molecule has 240 valence electrons. The van der Waals surface area contributed by atoms with E-state index in [1.807, 2.05) is 0 Å². The molecule has 0 nitrogen and oxygen atoms in total. The van der Waals surface area contributed by atoms with E-state index in [0.717, 1.165) is 12.8 Å². The first kappa shape index (κ1) is 37.5. The van der Waals surface area contributed by atoms with E-state index in [0.29, 0.717) is 0 Å². The van der Waals surface area contributed by atoms with Crippen molar-refractivity contribution in [1.82, 2.24) is 0 Å². The van der Waals surface area contributed by atoms with Crippen LogP contribution in [0.25, 0.3) is 65.3 Å². The predicted molar refractivity (Wildman–Crippen MR) is 201 cm³/mol. The van der Waals surface area contributed by atoms with E-state index in [-0.39, 0.29) is 30.3 Å². The molecule has 0 heterocycles. The van der Waals surface area contributed by atoms with Gasteiger partial charge in [0.1, 0.15) is 0 Å². The monoisotopic (exact) mass is 846 g/mol. The first-order chi connectivity index (χ1) is 22.5. The van der Waals surface area contributed by atoms with Crippen molar-refractivity contribution in [2.24, 2.45) is 0 Å². The van der Waals surface area contributed by atoms with Crippen LogP contribution in [0.3, 0.4) is 0 Å². The molecular formula is C44H40Cl2HfSi-2. The van der Waals surface area contributed by atoms with Crippen molar-refractivity contribution in [1.29, 1.82) is 0 Å². The van der Waals surface area contributed by atoms with Crippen LogP contribution < -0.4 is 24.8 Å². The third-order valence-corrected chi connectivity index (χ3v) is 8.64. The van der Waals surface area contributed by atoms with Gasteiger partial charge in [-0.3, -0.25) is 0 Å². The van der Waals surface area contributed by atoms with Crippen molar-refractivity contribution < 1.29 is 47.8 Å². The molecule has 4 heteroatoms. The second-order valence-electron chi connectivity index (χ2n) is 12.0. The summed E-state index contributed by atoms with van der Waals surface area (Å²) in [4.78, 5) is 0. The Morgan fingerprint density at radius 2 is 0.771 bits per heavy atom. The summed E-state index contributed by atoms with van der Waals surface area (Å²) in [5.41, 5.74) is 8.65. The first-order valence-corrected chi connectivity index (χ1v) is 24.2. The molecule has 0 aliphatic carbocycles. The first-order valence-electron chi connectivity index (χ1n) is 16.3. The normalized spacial score (nSPS) is 10.5. The van der Waals surface area contributed by atoms with Crippen molar-refractivity contribution in [3.8, 4) is 22.3 Å². The molecule has 0 radical (unpaired) electrons. The molecule has 48 heavy (non-hydrogen) atoms. The molecule has 0 spiro atoms. The van der Waals surface area contributed by atoms with E-state index in [1.54, 1.807) is 0 Å². The Labute approximate surface area is 312 Å². The molecular weight excluding hydrogens is 806 g/mol. The maximum Gasteiger partial charge on any atom is -1.00 e. The van der Waals surface area contributed by atoms with Crippen LogP contribution in [-0.4, -0.2) is 5.49 Å². The fourth-order valence-corrected chi connectivity index (χ4v) is 6.65. The summed E-state index contributed by atoms with van der Waals surface area (Å²) in [6.45, 7) is 9.14. The molecule has 0 atom stereocenters. The molecule has 0 saturated heterocycles. The fraction of sp³-hybridized carbons (Fsp3) is 0.136. The molecule has 0 aliphatic rings. The van der Waals surface area contributed by atoms with Gasteiger partial charge in [-0.1, -0.05) is 122 Å². The van der Waals surface area contributed by atoms with Crippen molar-refractivity contribution in [2.75, 3.05) is 0 Å². The fourth-order valence-electron chi connectivity index (χ4n) is 6.65. The third-order valence-electron chi connectivity index (χ3n) is 8.64. The summed E-state index contributed by atoms with van der Waals surface area (Å²) in [5.74, 6) is 0. The Kier molecular flexibility index (Phi) is 13.6. The van der Waals surface area contributed by atoms with Gasteiger partial charge in [-0.25, -0.2) is 0 Å². The summed E-state index contributed by atoms with van der Waals surface area (Å²) in [7, 11) is 0. The Morgan fingerprint density at radius 1 is 0.458 bits per heavy atom. The standard InChI is InChI=1S/2C21H17.C2H6Si.2ClH.Hf/c2*1-2-15-14-17-9-4-6-12-19(17)21(15)20-13-7-10-16-8-3-5-11-18(16)20;1-3-2;;;/h2*3-14H,2H2,1H3;1-2H3;2*1H;/q2*-1;;;;+2/p-2. The zero-order chi connectivity index (χ0) is 32.0. The van der Waals surface area contributed by atoms with Crippen LogP contribution in [0.2, 0.25) is 13.1 Å². The van der Waals surface area contributed by atoms with Crippen molar-refractivity contribution in [3.63, 3.8) is 0 Å². The van der Waals surface area contributed by atoms with Gasteiger partial charge in [0.15, 0.2) is 0 Å². The van der Waals surface area contributed by atoms with E-state index in [4.69, 9.17) is 0 Å². The van der Waals surface area contributed by atoms with Gasteiger partial charge in [-0.05, 0) is 34.4 Å². The van der Waals surface area contributed by atoms with Crippen molar-refractivity contribution >= 4 is 48.6 Å². The van der Waals surface area contributed by atoms with Gasteiger partial charge in [0.2, 0.25) is 0 Å². The van der Waals surface area contributed by atoms with Crippen LogP contribution in [0.5, 0.6) is 0 Å². The minimum Gasteiger partial charge on any atom is -1.00 e. The average molecular weight is 846 g/mol. The molecule has 0 saturated carbocycles. The van der Waals surface area contributed by atoms with E-state index in [9.17, 15) is 0 Å². The van der Waals surface area contributed by atoms with Crippen LogP contribution >= 0.6 is 0 Å². The smallest absolute Gasteiger partial charge is 1.00 e. The number of hydrogen-bond acceptors (Lipinski definition) is 0. The summed E-state index contributed by atoms with van der Waals surface area (Å²) in [6, 6.07) is 52.6. The largest absolute Gasteiger partial charge is 1.00 e. The molecule has 8 aromatic rings. The maximum atomic E-state index is 2.34. The topological polar surface area (TPSA) is 0 Å². The molecule has 0 unspecified atom stereocenters. The third kappa shape index (κ3) is 7.95. The van der Waals surface area contributed by atoms with Crippen LogP contribution in [0.4, 0.5) is 0 Å². The van der Waals surface area contributed by atoms with E-state index >= 15 is 0 Å². The minimum atomic E-state index is 0. The average Bonchev–Trinajstić information content (AvgIpc) is 3.66. The number of fused-ring (bicyclic) bond motifs is 4. The van der Waals surface area contributed by atoms with E-state index in [1.165, 1.54) is 99.5 Å². The molecule has 0 N–H and O–H groups in total. The van der Waals surface area contributed by atoms with Gasteiger partial charge in [-0.2, -0.15) is 0 Å². The maximum absolute atomic E-state index is 2.34. The molecule has 8 aromatic carbocycles. The molecule has 0 fully saturated rings. The Morgan fingerprint density at radius 3 is 1.15 bits per heavy atom. The van der Waals surface area contributed by atoms with E-state index < -0.39 is 0 Å². The summed E-state index contributed by atoms with van der Waals surface area (Å²) in [5, 5.41) is 10.7. The van der Waals surface area contributed by atoms with Crippen molar-refractivity contribution in [2.45, 2.75) is 39.8 Å². The van der Waals surface area contributed by atoms with Crippen LogP contribution in [0.15, 0.2) is 146 Å². The Balaban J connectivity index is 0.000000188. The van der Waals surface area contributed by atoms with Crippen LogP contribution in [0.1, 0.15) is 25.0 Å². The van der Waals surface area contributed by atoms with Gasteiger partial charge in [0.25, 0.3) is 0 Å². The van der Waals surface area contributed by atoms with Gasteiger partial charge in [-0.15, -0.1) is 92.3 Å². The zero-order valence-corrected chi connectivity index (χ0v) is 34.1. The summed E-state index contributed by atoms with van der Waals surface area (Å²) in [6.07, 6.45) is 2.13. The molecule has 0 bridgehead atoms. The Bertz CT molecular complexity index is 2120. The summed E-state index contributed by atoms with van der Waals surface area (Å²) >= 11 is 1.45. The number of benzene rings is 6. The van der Waals surface area contributed by atoms with Gasteiger partial charge >= 0.3 is 41.6 Å². The molecule has 8 rings (SSSR count). The zero-order valence-electron chi connectivity index (χ0n) is 28.0. The van der Waals surface area contributed by atoms with E-state index in [2.05, 4.69) is 173 Å². The summed E-state index contributed by atoms with van der Waals surface area (Å²) < 4.78 is 0. The molecule has 0 aliphatic heterocycles. The van der Waals surface area contributed by atoms with Crippen molar-refractivity contribution in [3.05, 3.63) is 157 Å². The Hall–Kier alpha value is -3.27. The number of rotatable bonds is 4. The van der Waals surface area contributed by atoms with Crippen LogP contribution in [0, 0.1) is 0 Å². The second kappa shape index (κ2) is 17.4. The molecule has 0 amide bonds. The number of aryl methyl sites for hydroxylation is 2. The SMILES string of the molecule is CCc1[cH-]c2ccccc2c1-c1cccc2ccccc12.CCc1[cH-]c2ccccc2c1-c1cccc2ccccc12.C[Si](C)=[Hf+2].[Cl-].[Cl-]. The second-order valence-corrected chi connectivity index (χ2v) is 24.8. The van der Waals surface area contributed by atoms with Crippen LogP contribution in [-0.2, 0) is 35.8 Å². The number of halogens is 2. The predicted octanol–water partition coefficient (Wildman–Crippen LogP) is 6.67. The number of hydrogen-bond donors (Lipinski definition) is 0. The van der Waals surface area contributed by atoms with Gasteiger partial charge < -0.3 is 24.8 Å².